The van der Waals surface area contributed by atoms with Gasteiger partial charge in [0.05, 0.1) is 18.4 Å². The Hall–Kier alpha value is -2.15. The van der Waals surface area contributed by atoms with Crippen molar-refractivity contribution in [3.05, 3.63) is 42.2 Å². The maximum atomic E-state index is 12.8. The molecule has 0 spiro atoms. The molecular formula is C17H21N5OS. The molecule has 1 amide bonds. The van der Waals surface area contributed by atoms with Gasteiger partial charge in [-0.15, -0.1) is 11.3 Å². The van der Waals surface area contributed by atoms with Gasteiger partial charge in [-0.2, -0.15) is 0 Å². The van der Waals surface area contributed by atoms with Gasteiger partial charge in [0.2, 0.25) is 5.91 Å². The van der Waals surface area contributed by atoms with E-state index in [1.54, 1.807) is 17.5 Å². The fourth-order valence-corrected chi connectivity index (χ4v) is 4.18. The molecule has 3 aromatic heterocycles. The minimum Gasteiger partial charge on any atom is -0.339 e. The number of aryl methyl sites for hydroxylation is 1. The molecule has 24 heavy (non-hydrogen) atoms. The summed E-state index contributed by atoms with van der Waals surface area (Å²) in [5, 5.41) is 2.00. The number of hydrogen-bond acceptors (Lipinski definition) is 4. The molecular weight excluding hydrogens is 322 g/mol. The van der Waals surface area contributed by atoms with Crippen LogP contribution in [0, 0.1) is 0 Å². The van der Waals surface area contributed by atoms with Gasteiger partial charge in [-0.25, -0.2) is 9.97 Å². The molecule has 1 fully saturated rings. The molecule has 0 saturated carbocycles. The first-order valence-electron chi connectivity index (χ1n) is 8.46. The number of nitrogens with zero attached hydrogens (tertiary/aromatic N) is 5. The lowest BCUT2D eigenvalue weighted by atomic mass is 9.98. The number of piperidine rings is 1. The number of likely N-dealkylation sites (tertiary alicyclic amines) is 1. The first kappa shape index (κ1) is 15.4. The van der Waals surface area contributed by atoms with Gasteiger partial charge >= 0.3 is 0 Å². The van der Waals surface area contributed by atoms with Crippen molar-refractivity contribution in [2.45, 2.75) is 44.7 Å². The Bertz CT molecular complexity index is 778. The number of aromatic nitrogens is 4. The van der Waals surface area contributed by atoms with Gasteiger partial charge in [0.25, 0.3) is 0 Å². The molecule has 1 saturated heterocycles. The van der Waals surface area contributed by atoms with Crippen molar-refractivity contribution in [2.75, 3.05) is 6.54 Å². The number of rotatable bonds is 5. The summed E-state index contributed by atoms with van der Waals surface area (Å²) in [6, 6.07) is 0.331. The molecule has 6 nitrogen and oxygen atoms in total. The van der Waals surface area contributed by atoms with Crippen LogP contribution in [0.25, 0.3) is 4.96 Å². The van der Waals surface area contributed by atoms with E-state index in [9.17, 15) is 4.79 Å². The maximum absolute atomic E-state index is 12.8. The van der Waals surface area contributed by atoms with E-state index in [4.69, 9.17) is 0 Å². The lowest BCUT2D eigenvalue weighted by Crippen LogP contribution is -2.44. The topological polar surface area (TPSA) is 55.4 Å². The van der Waals surface area contributed by atoms with Crippen LogP contribution in [0.1, 0.15) is 31.4 Å². The predicted octanol–water partition coefficient (Wildman–Crippen LogP) is 2.61. The highest BCUT2D eigenvalue weighted by Gasteiger charge is 2.26. The molecule has 0 aliphatic carbocycles. The molecule has 0 bridgehead atoms. The summed E-state index contributed by atoms with van der Waals surface area (Å²) < 4.78 is 4.07. The third-order valence-electron chi connectivity index (χ3n) is 4.70. The Kier molecular flexibility index (Phi) is 4.34. The highest BCUT2D eigenvalue weighted by Crippen LogP contribution is 2.22. The molecule has 1 aliphatic rings. The Balaban J connectivity index is 1.41. The summed E-state index contributed by atoms with van der Waals surface area (Å²) in [5.41, 5.74) is 0.866. The third-order valence-corrected chi connectivity index (χ3v) is 5.47. The molecule has 0 radical (unpaired) electrons. The Morgan fingerprint density at radius 1 is 1.33 bits per heavy atom. The van der Waals surface area contributed by atoms with Crippen molar-refractivity contribution < 1.29 is 4.79 Å². The van der Waals surface area contributed by atoms with E-state index in [-0.39, 0.29) is 5.91 Å². The van der Waals surface area contributed by atoms with E-state index < -0.39 is 0 Å². The quantitative estimate of drug-likeness (QED) is 0.715. The maximum Gasteiger partial charge on any atom is 0.228 e. The first-order valence-corrected chi connectivity index (χ1v) is 9.34. The molecule has 4 heterocycles. The Morgan fingerprint density at radius 2 is 2.29 bits per heavy atom. The van der Waals surface area contributed by atoms with Gasteiger partial charge < -0.3 is 9.47 Å². The summed E-state index contributed by atoms with van der Waals surface area (Å²) in [6.07, 6.45) is 14.4. The average molecular weight is 343 g/mol. The van der Waals surface area contributed by atoms with Crippen molar-refractivity contribution in [1.29, 1.82) is 0 Å². The highest BCUT2D eigenvalue weighted by molar-refractivity contribution is 7.15. The molecule has 7 heteroatoms. The van der Waals surface area contributed by atoms with Crippen LogP contribution >= 0.6 is 11.3 Å². The van der Waals surface area contributed by atoms with Crippen molar-refractivity contribution in [3.63, 3.8) is 0 Å². The zero-order valence-corrected chi connectivity index (χ0v) is 14.4. The van der Waals surface area contributed by atoms with Crippen LogP contribution in [0.5, 0.6) is 0 Å². The number of thiazole rings is 1. The molecule has 4 rings (SSSR count). The first-order chi connectivity index (χ1) is 11.8. The second-order valence-electron chi connectivity index (χ2n) is 6.33. The normalized spacial score (nSPS) is 18.3. The summed E-state index contributed by atoms with van der Waals surface area (Å²) in [4.78, 5) is 24.5. The van der Waals surface area contributed by atoms with E-state index in [0.717, 1.165) is 43.0 Å². The summed E-state index contributed by atoms with van der Waals surface area (Å²) in [7, 11) is 0. The van der Waals surface area contributed by atoms with E-state index in [1.165, 1.54) is 6.42 Å². The standard InChI is InChI=1S/C17H21N5OS/c23-16(11-14-12-21-9-10-24-17(21)19-14)22-6-2-1-3-15(22)4-7-20-8-5-18-13-20/h5,8-10,12-13,15H,1-4,6-7,11H2. The largest absolute Gasteiger partial charge is 0.339 e. The van der Waals surface area contributed by atoms with Crippen molar-refractivity contribution in [3.8, 4) is 0 Å². The molecule has 1 aliphatic heterocycles. The third kappa shape index (κ3) is 3.21. The predicted molar refractivity (Wildman–Crippen MR) is 93.0 cm³/mol. The smallest absolute Gasteiger partial charge is 0.228 e. The van der Waals surface area contributed by atoms with Gasteiger partial charge in [-0.05, 0) is 25.7 Å². The number of carbonyl (C=O) groups excluding carboxylic acids is 1. The van der Waals surface area contributed by atoms with Crippen LogP contribution in [0.3, 0.4) is 0 Å². The zero-order chi connectivity index (χ0) is 16.4. The van der Waals surface area contributed by atoms with Gasteiger partial charge in [0, 0.05) is 49.3 Å². The van der Waals surface area contributed by atoms with Crippen LogP contribution < -0.4 is 0 Å². The molecule has 1 atom stereocenters. The number of amides is 1. The lowest BCUT2D eigenvalue weighted by Gasteiger charge is -2.36. The molecule has 3 aromatic rings. The van der Waals surface area contributed by atoms with Crippen LogP contribution in [-0.2, 0) is 17.8 Å². The molecule has 0 aromatic carbocycles. The molecule has 0 N–H and O–H groups in total. The zero-order valence-electron chi connectivity index (χ0n) is 13.5. The lowest BCUT2D eigenvalue weighted by molar-refractivity contribution is -0.134. The second-order valence-corrected chi connectivity index (χ2v) is 7.20. The summed E-state index contributed by atoms with van der Waals surface area (Å²) in [5.74, 6) is 0.205. The number of imidazole rings is 2. The van der Waals surface area contributed by atoms with Crippen molar-refractivity contribution >= 4 is 22.2 Å². The van der Waals surface area contributed by atoms with E-state index >= 15 is 0 Å². The number of hydrogen-bond donors (Lipinski definition) is 0. The van der Waals surface area contributed by atoms with E-state index in [2.05, 4.69) is 19.4 Å². The fourth-order valence-electron chi connectivity index (χ4n) is 3.46. The Labute approximate surface area is 144 Å². The van der Waals surface area contributed by atoms with Gasteiger partial charge in [-0.1, -0.05) is 0 Å². The van der Waals surface area contributed by atoms with Crippen LogP contribution in [0.2, 0.25) is 0 Å². The Morgan fingerprint density at radius 3 is 3.12 bits per heavy atom. The minimum atomic E-state index is 0.205. The minimum absolute atomic E-state index is 0.205. The monoisotopic (exact) mass is 343 g/mol. The second kappa shape index (κ2) is 6.76. The molecule has 1 unspecified atom stereocenters. The average Bonchev–Trinajstić information content (AvgIpc) is 3.30. The highest BCUT2D eigenvalue weighted by atomic mass is 32.1. The SMILES string of the molecule is O=C(Cc1cn2ccsc2n1)N1CCCCC1CCn1ccnc1. The summed E-state index contributed by atoms with van der Waals surface area (Å²) in [6.45, 7) is 1.78. The van der Waals surface area contributed by atoms with Crippen LogP contribution in [-0.4, -0.2) is 42.3 Å². The summed E-state index contributed by atoms with van der Waals surface area (Å²) >= 11 is 1.60. The fraction of sp³-hybridized carbons (Fsp3) is 0.471. The van der Waals surface area contributed by atoms with Crippen LogP contribution in [0.15, 0.2) is 36.5 Å². The van der Waals surface area contributed by atoms with Gasteiger partial charge in [0.1, 0.15) is 0 Å². The van der Waals surface area contributed by atoms with Gasteiger partial charge in [-0.3, -0.25) is 9.20 Å². The van der Waals surface area contributed by atoms with Crippen molar-refractivity contribution in [1.82, 2.24) is 23.8 Å². The van der Waals surface area contributed by atoms with Gasteiger partial charge in [0.15, 0.2) is 4.96 Å². The van der Waals surface area contributed by atoms with Crippen LogP contribution in [0.4, 0.5) is 0 Å². The van der Waals surface area contributed by atoms with Crippen molar-refractivity contribution in [2.24, 2.45) is 0 Å². The number of fused-ring (bicyclic) bond motifs is 1. The van der Waals surface area contributed by atoms with E-state index in [0.29, 0.717) is 12.5 Å². The molecule has 126 valence electrons. The number of carbonyl (C=O) groups is 1. The van der Waals surface area contributed by atoms with E-state index in [1.807, 2.05) is 34.7 Å².